The van der Waals surface area contributed by atoms with Crippen molar-refractivity contribution in [2.75, 3.05) is 18.2 Å². The standard InChI is InChI=1S/C20H23N3O3S2/c1-13-4-7-17(8-5-13)21-20(27)23-22-14(2)15-6-9-18(26-3)16(10-15)11-28-12-19(24)25/h4-10H,11-12H2,1-3H3,(H,24,25)(H2,21,23,27)/p-1/b22-14-. The van der Waals surface area contributed by atoms with Crippen LogP contribution < -0.4 is 20.6 Å². The molecule has 0 spiro atoms. The quantitative estimate of drug-likeness (QED) is 0.389. The summed E-state index contributed by atoms with van der Waals surface area (Å²) in [6, 6.07) is 13.5. The summed E-state index contributed by atoms with van der Waals surface area (Å²) in [7, 11) is 1.58. The molecular weight excluding hydrogens is 394 g/mol. The van der Waals surface area contributed by atoms with Crippen molar-refractivity contribution in [2.24, 2.45) is 5.10 Å². The summed E-state index contributed by atoms with van der Waals surface area (Å²) in [6.45, 7) is 3.88. The van der Waals surface area contributed by atoms with Crippen LogP contribution in [0.25, 0.3) is 0 Å². The fourth-order valence-electron chi connectivity index (χ4n) is 2.36. The van der Waals surface area contributed by atoms with Crippen LogP contribution in [0.15, 0.2) is 47.6 Å². The maximum Gasteiger partial charge on any atom is 0.191 e. The number of nitrogens with one attached hydrogen (secondary N) is 2. The first kappa shape index (κ1) is 21.7. The maximum absolute atomic E-state index is 10.6. The van der Waals surface area contributed by atoms with Gasteiger partial charge in [-0.2, -0.15) is 16.9 Å². The van der Waals surface area contributed by atoms with Crippen LogP contribution in [0.4, 0.5) is 5.69 Å². The van der Waals surface area contributed by atoms with Gasteiger partial charge in [0.05, 0.1) is 18.8 Å². The second-order valence-corrected chi connectivity index (χ2v) is 7.41. The normalized spacial score (nSPS) is 11.0. The van der Waals surface area contributed by atoms with E-state index in [2.05, 4.69) is 15.8 Å². The van der Waals surface area contributed by atoms with E-state index in [4.69, 9.17) is 17.0 Å². The molecule has 8 heteroatoms. The van der Waals surface area contributed by atoms with E-state index in [0.717, 1.165) is 22.5 Å². The second-order valence-electron chi connectivity index (χ2n) is 6.02. The zero-order chi connectivity index (χ0) is 20.5. The third-order valence-electron chi connectivity index (χ3n) is 3.81. The lowest BCUT2D eigenvalue weighted by Crippen LogP contribution is -2.25. The van der Waals surface area contributed by atoms with Crippen LogP contribution in [0.1, 0.15) is 23.6 Å². The van der Waals surface area contributed by atoms with Crippen molar-refractivity contribution in [2.45, 2.75) is 19.6 Å². The molecule has 0 bridgehead atoms. The van der Waals surface area contributed by atoms with Gasteiger partial charge in [0.15, 0.2) is 5.11 Å². The molecule has 148 valence electrons. The van der Waals surface area contributed by atoms with E-state index >= 15 is 0 Å². The van der Waals surface area contributed by atoms with E-state index in [0.29, 0.717) is 16.6 Å². The molecule has 0 fully saturated rings. The highest BCUT2D eigenvalue weighted by Crippen LogP contribution is 2.24. The molecule has 2 aromatic rings. The highest BCUT2D eigenvalue weighted by atomic mass is 32.2. The minimum atomic E-state index is -1.09. The van der Waals surface area contributed by atoms with Crippen molar-refractivity contribution in [1.82, 2.24) is 5.43 Å². The number of thioether (sulfide) groups is 1. The van der Waals surface area contributed by atoms with Gasteiger partial charge < -0.3 is 20.0 Å². The molecule has 0 radical (unpaired) electrons. The molecule has 0 unspecified atom stereocenters. The number of anilines is 1. The summed E-state index contributed by atoms with van der Waals surface area (Å²) >= 11 is 6.53. The van der Waals surface area contributed by atoms with Gasteiger partial charge in [-0.05, 0) is 62.0 Å². The zero-order valence-corrected chi connectivity index (χ0v) is 17.6. The number of benzene rings is 2. The lowest BCUT2D eigenvalue weighted by atomic mass is 10.1. The fraction of sp³-hybridized carbons (Fsp3) is 0.250. The molecule has 2 aromatic carbocycles. The van der Waals surface area contributed by atoms with Crippen LogP contribution >= 0.6 is 24.0 Å². The summed E-state index contributed by atoms with van der Waals surface area (Å²) in [5, 5.41) is 18.4. The van der Waals surface area contributed by atoms with Gasteiger partial charge in [0, 0.05) is 22.8 Å². The van der Waals surface area contributed by atoms with E-state index in [9.17, 15) is 9.90 Å². The Hall–Kier alpha value is -2.58. The number of thiocarbonyl (C=S) groups is 1. The second kappa shape index (κ2) is 10.7. The molecule has 2 N–H and O–H groups in total. The highest BCUT2D eigenvalue weighted by Gasteiger charge is 2.07. The summed E-state index contributed by atoms with van der Waals surface area (Å²) in [5.74, 6) is 0.0450. The molecule has 0 aromatic heterocycles. The average Bonchev–Trinajstić information content (AvgIpc) is 2.67. The van der Waals surface area contributed by atoms with E-state index in [1.165, 1.54) is 17.3 Å². The number of hydrogen-bond acceptors (Lipinski definition) is 6. The largest absolute Gasteiger partial charge is 0.549 e. The van der Waals surface area contributed by atoms with E-state index < -0.39 is 5.97 Å². The minimum Gasteiger partial charge on any atom is -0.549 e. The van der Waals surface area contributed by atoms with E-state index in [1.54, 1.807) is 7.11 Å². The Morgan fingerprint density at radius 3 is 2.61 bits per heavy atom. The number of hydrazone groups is 1. The molecule has 2 rings (SSSR count). The van der Waals surface area contributed by atoms with Crippen LogP contribution in [0.3, 0.4) is 0 Å². The number of nitrogens with zero attached hydrogens (tertiary/aromatic N) is 1. The molecule has 0 saturated heterocycles. The molecule has 28 heavy (non-hydrogen) atoms. The average molecular weight is 417 g/mol. The van der Waals surface area contributed by atoms with E-state index in [1.807, 2.05) is 56.3 Å². The molecule has 6 nitrogen and oxygen atoms in total. The number of carboxylic acid groups (broad SMARTS) is 1. The monoisotopic (exact) mass is 416 g/mol. The number of carbonyl (C=O) groups is 1. The Labute approximate surface area is 174 Å². The van der Waals surface area contributed by atoms with Crippen molar-refractivity contribution in [3.05, 3.63) is 59.2 Å². The summed E-state index contributed by atoms with van der Waals surface area (Å²) in [6.07, 6.45) is 0. The Morgan fingerprint density at radius 1 is 1.25 bits per heavy atom. The predicted molar refractivity (Wildman–Crippen MR) is 117 cm³/mol. The maximum atomic E-state index is 10.6. The lowest BCUT2D eigenvalue weighted by molar-refractivity contribution is -0.301. The van der Waals surface area contributed by atoms with Crippen LogP contribution in [-0.4, -0.2) is 29.7 Å². The molecule has 0 heterocycles. The lowest BCUT2D eigenvalue weighted by Gasteiger charge is -2.12. The topological polar surface area (TPSA) is 85.8 Å². The Kier molecular flexibility index (Phi) is 8.28. The van der Waals surface area contributed by atoms with Crippen LogP contribution in [-0.2, 0) is 10.5 Å². The number of ether oxygens (including phenoxy) is 1. The van der Waals surface area contributed by atoms with Crippen LogP contribution in [0.2, 0.25) is 0 Å². The van der Waals surface area contributed by atoms with Gasteiger partial charge in [-0.3, -0.25) is 5.43 Å². The number of methoxy groups -OCH3 is 1. The summed E-state index contributed by atoms with van der Waals surface area (Å²) < 4.78 is 5.35. The molecule has 0 aliphatic heterocycles. The van der Waals surface area contributed by atoms with Gasteiger partial charge in [-0.25, -0.2) is 0 Å². The van der Waals surface area contributed by atoms with Crippen LogP contribution in [0.5, 0.6) is 5.75 Å². The third kappa shape index (κ3) is 6.86. The Morgan fingerprint density at radius 2 is 1.96 bits per heavy atom. The van der Waals surface area contributed by atoms with Crippen molar-refractivity contribution < 1.29 is 14.6 Å². The molecule has 0 saturated carbocycles. The van der Waals surface area contributed by atoms with Crippen molar-refractivity contribution in [1.29, 1.82) is 0 Å². The van der Waals surface area contributed by atoms with Gasteiger partial charge >= 0.3 is 0 Å². The number of aryl methyl sites for hydroxylation is 1. The predicted octanol–water partition coefficient (Wildman–Crippen LogP) is 2.70. The Balaban J connectivity index is 2.02. The van der Waals surface area contributed by atoms with Gasteiger partial charge in [-0.1, -0.05) is 17.7 Å². The first-order valence-electron chi connectivity index (χ1n) is 8.52. The molecule has 0 atom stereocenters. The number of aliphatic carboxylic acids is 1. The van der Waals surface area contributed by atoms with Crippen molar-refractivity contribution in [3.63, 3.8) is 0 Å². The first-order valence-corrected chi connectivity index (χ1v) is 10.1. The van der Waals surface area contributed by atoms with Crippen LogP contribution in [0, 0.1) is 6.92 Å². The Bertz CT molecular complexity index is 867. The molecule has 0 amide bonds. The summed E-state index contributed by atoms with van der Waals surface area (Å²) in [4.78, 5) is 10.6. The van der Waals surface area contributed by atoms with Gasteiger partial charge in [0.2, 0.25) is 0 Å². The highest BCUT2D eigenvalue weighted by molar-refractivity contribution is 7.99. The molecule has 0 aliphatic carbocycles. The number of rotatable bonds is 8. The zero-order valence-electron chi connectivity index (χ0n) is 15.9. The van der Waals surface area contributed by atoms with Gasteiger partial charge in [0.1, 0.15) is 5.75 Å². The van der Waals surface area contributed by atoms with Gasteiger partial charge in [-0.15, -0.1) is 0 Å². The summed E-state index contributed by atoms with van der Waals surface area (Å²) in [5.41, 5.74) is 7.40. The van der Waals surface area contributed by atoms with E-state index in [-0.39, 0.29) is 5.75 Å². The molecular formula is C20H22N3O3S2-. The number of carboxylic acids is 1. The number of carbonyl (C=O) groups excluding carboxylic acids is 1. The minimum absolute atomic E-state index is 0.0685. The van der Waals surface area contributed by atoms with Crippen molar-refractivity contribution >= 4 is 46.5 Å². The van der Waals surface area contributed by atoms with Crippen molar-refractivity contribution in [3.8, 4) is 5.75 Å². The SMILES string of the molecule is COc1ccc(/C(C)=N\NC(=S)Nc2ccc(C)cc2)cc1CSCC(=O)[O-]. The van der Waals surface area contributed by atoms with Gasteiger partial charge in [0.25, 0.3) is 0 Å². The molecule has 0 aliphatic rings. The number of hydrogen-bond donors (Lipinski definition) is 2. The smallest absolute Gasteiger partial charge is 0.191 e. The third-order valence-corrected chi connectivity index (χ3v) is 4.96. The first-order chi connectivity index (χ1) is 13.4. The fourth-order valence-corrected chi connectivity index (χ4v) is 3.23.